The van der Waals surface area contributed by atoms with E-state index in [0.29, 0.717) is 9.79 Å². The van der Waals surface area contributed by atoms with Crippen LogP contribution in [-0.2, 0) is 44.3 Å². The van der Waals surface area contributed by atoms with Crippen LogP contribution in [0.1, 0.15) is 137 Å². The molecule has 53 heavy (non-hydrogen) atoms. The fourth-order valence-electron chi connectivity index (χ4n) is 9.22. The highest BCUT2D eigenvalue weighted by atomic mass is 32.2. The number of fused-ring (bicyclic) bond motifs is 4. The highest BCUT2D eigenvalue weighted by molar-refractivity contribution is 7.91. The summed E-state index contributed by atoms with van der Waals surface area (Å²) >= 11 is 0. The number of hydrogen-bond donors (Lipinski definition) is 0. The highest BCUT2D eigenvalue weighted by Gasteiger charge is 2.38. The molecule has 0 saturated carbocycles. The lowest BCUT2D eigenvalue weighted by Crippen LogP contribution is -2.33. The van der Waals surface area contributed by atoms with E-state index in [2.05, 4.69) is 128 Å². The molecule has 4 aromatic rings. The summed E-state index contributed by atoms with van der Waals surface area (Å²) in [4.78, 5) is 0.679. The van der Waals surface area contributed by atoms with Gasteiger partial charge < -0.3 is 0 Å². The second-order valence-corrected chi connectivity index (χ2v) is 20.8. The molecule has 0 fully saturated rings. The molecule has 0 radical (unpaired) electrons. The van der Waals surface area contributed by atoms with E-state index in [1.807, 2.05) is 24.3 Å². The molecule has 0 aromatic heterocycles. The maximum Gasteiger partial charge on any atom is 0.206 e. The van der Waals surface area contributed by atoms with Crippen molar-refractivity contribution in [1.82, 2.24) is 0 Å². The molecule has 0 bridgehead atoms. The summed E-state index contributed by atoms with van der Waals surface area (Å²) < 4.78 is 28.0. The quantitative estimate of drug-likeness (QED) is 0.210. The second kappa shape index (κ2) is 12.4. The molecular formula is C50H54O2S. The Morgan fingerprint density at radius 1 is 0.453 bits per heavy atom. The fraction of sp³-hybridized carbons (Fsp3) is 0.360. The monoisotopic (exact) mass is 718 g/mol. The third-order valence-electron chi connectivity index (χ3n) is 13.1. The van der Waals surface area contributed by atoms with Crippen LogP contribution in [0.5, 0.6) is 0 Å². The van der Waals surface area contributed by atoms with Gasteiger partial charge in [-0.15, -0.1) is 0 Å². The Morgan fingerprint density at radius 2 is 0.830 bits per heavy atom. The average molecular weight is 719 g/mol. The molecule has 0 atom stereocenters. The van der Waals surface area contributed by atoms with Gasteiger partial charge in [0.25, 0.3) is 0 Å². The van der Waals surface area contributed by atoms with Crippen LogP contribution in [0.4, 0.5) is 0 Å². The minimum absolute atomic E-state index is 0.169. The number of sulfone groups is 1. The SMILES string of the molecule is CC1(C)CCC(C)(C)c2cc(C=C3C=Cc4cc(S(=O)(=O)c5ccc6c(c5)C=CC(=Cc5ccc7c(c5)C(C)(C)CCC7(C)C)C6)ccc4C3)ccc21. The first-order valence-corrected chi connectivity index (χ1v) is 21.0. The molecule has 2 nitrogen and oxygen atoms in total. The minimum atomic E-state index is -3.69. The van der Waals surface area contributed by atoms with E-state index >= 15 is 0 Å². The van der Waals surface area contributed by atoms with Gasteiger partial charge in [0.15, 0.2) is 0 Å². The van der Waals surface area contributed by atoms with Gasteiger partial charge in [-0.3, -0.25) is 0 Å². The zero-order chi connectivity index (χ0) is 37.6. The van der Waals surface area contributed by atoms with Gasteiger partial charge in [-0.2, -0.15) is 0 Å². The Hall–Kier alpha value is -4.21. The molecule has 0 spiro atoms. The molecule has 0 unspecified atom stereocenters. The Bertz CT molecular complexity index is 2240. The summed E-state index contributed by atoms with van der Waals surface area (Å²) in [5.74, 6) is 0. The first-order chi connectivity index (χ1) is 24.9. The van der Waals surface area contributed by atoms with Gasteiger partial charge in [0.1, 0.15) is 0 Å². The maximum absolute atomic E-state index is 14.0. The van der Waals surface area contributed by atoms with E-state index in [0.717, 1.165) is 35.1 Å². The molecule has 3 heteroatoms. The van der Waals surface area contributed by atoms with Gasteiger partial charge in [-0.05, 0) is 151 Å². The lowest BCUT2D eigenvalue weighted by molar-refractivity contribution is 0.332. The predicted octanol–water partition coefficient (Wildman–Crippen LogP) is 12.5. The van der Waals surface area contributed by atoms with Gasteiger partial charge in [-0.25, -0.2) is 8.42 Å². The summed E-state index contributed by atoms with van der Waals surface area (Å²) in [5.41, 5.74) is 15.8. The molecule has 0 N–H and O–H groups in total. The smallest absolute Gasteiger partial charge is 0.206 e. The summed E-state index contributed by atoms with van der Waals surface area (Å²) in [7, 11) is -3.69. The average Bonchev–Trinajstić information content (AvgIpc) is 3.12. The molecule has 4 aliphatic rings. The Labute approximate surface area is 318 Å². The summed E-state index contributed by atoms with van der Waals surface area (Å²) in [6.07, 6.45) is 19.4. The summed E-state index contributed by atoms with van der Waals surface area (Å²) in [6.45, 7) is 18.9. The molecule has 0 heterocycles. The van der Waals surface area contributed by atoms with Gasteiger partial charge in [0.05, 0.1) is 9.79 Å². The van der Waals surface area contributed by atoms with Crippen LogP contribution in [0, 0.1) is 0 Å². The van der Waals surface area contributed by atoms with Crippen molar-refractivity contribution < 1.29 is 8.42 Å². The number of allylic oxidation sites excluding steroid dienone is 4. The third-order valence-corrected chi connectivity index (χ3v) is 14.8. The molecule has 8 rings (SSSR count). The van der Waals surface area contributed by atoms with Crippen LogP contribution in [0.15, 0.2) is 106 Å². The van der Waals surface area contributed by atoms with Crippen LogP contribution < -0.4 is 0 Å². The lowest BCUT2D eigenvalue weighted by atomic mass is 9.63. The number of rotatable bonds is 4. The third kappa shape index (κ3) is 6.54. The van der Waals surface area contributed by atoms with Crippen LogP contribution in [0.25, 0.3) is 24.3 Å². The predicted molar refractivity (Wildman–Crippen MR) is 223 cm³/mol. The maximum atomic E-state index is 14.0. The van der Waals surface area contributed by atoms with Crippen LogP contribution in [-0.4, -0.2) is 8.42 Å². The second-order valence-electron chi connectivity index (χ2n) is 18.8. The van der Waals surface area contributed by atoms with Crippen molar-refractivity contribution in [3.8, 4) is 0 Å². The van der Waals surface area contributed by atoms with Crippen molar-refractivity contribution >= 4 is 34.1 Å². The largest absolute Gasteiger partial charge is 0.219 e. The molecular weight excluding hydrogens is 665 g/mol. The molecule has 4 aromatic carbocycles. The van der Waals surface area contributed by atoms with E-state index in [4.69, 9.17) is 0 Å². The van der Waals surface area contributed by atoms with Gasteiger partial charge in [0.2, 0.25) is 9.84 Å². The summed E-state index contributed by atoms with van der Waals surface area (Å²) in [5, 5.41) is 0. The van der Waals surface area contributed by atoms with Crippen LogP contribution in [0.3, 0.4) is 0 Å². The van der Waals surface area contributed by atoms with Crippen molar-refractivity contribution in [1.29, 1.82) is 0 Å². The summed E-state index contributed by atoms with van der Waals surface area (Å²) in [6, 6.07) is 25.2. The van der Waals surface area contributed by atoms with E-state index in [-0.39, 0.29) is 21.7 Å². The van der Waals surface area contributed by atoms with E-state index in [1.54, 1.807) is 12.1 Å². The Morgan fingerprint density at radius 3 is 1.23 bits per heavy atom. The van der Waals surface area contributed by atoms with Crippen molar-refractivity contribution in [2.24, 2.45) is 0 Å². The molecule has 272 valence electrons. The molecule has 0 amide bonds. The van der Waals surface area contributed by atoms with Crippen molar-refractivity contribution in [2.75, 3.05) is 0 Å². The Kier molecular flexibility index (Phi) is 8.39. The highest BCUT2D eigenvalue weighted by Crippen LogP contribution is 2.47. The van der Waals surface area contributed by atoms with Crippen molar-refractivity contribution in [3.63, 3.8) is 0 Å². The topological polar surface area (TPSA) is 34.1 Å². The number of hydrogen-bond acceptors (Lipinski definition) is 2. The fourth-order valence-corrected chi connectivity index (χ4v) is 10.5. The van der Waals surface area contributed by atoms with Crippen LogP contribution in [0.2, 0.25) is 0 Å². The van der Waals surface area contributed by atoms with E-state index in [9.17, 15) is 8.42 Å². The zero-order valence-corrected chi connectivity index (χ0v) is 33.7. The van der Waals surface area contributed by atoms with Gasteiger partial charge >= 0.3 is 0 Å². The lowest BCUT2D eigenvalue weighted by Gasteiger charge is -2.42. The minimum Gasteiger partial charge on any atom is -0.219 e. The molecule has 4 aliphatic carbocycles. The van der Waals surface area contributed by atoms with Gasteiger partial charge in [-0.1, -0.05) is 140 Å². The standard InChI is InChI=1S/C50H54O2S/c1-47(2)21-23-49(5,6)45-29-35(11-19-43(45)47)25-33-9-13-39-31-41(17-15-37(39)27-33)53(51,52)42-18-16-38-28-34(10-14-40(38)32-42)26-36-12-20-44-46(30-36)50(7,8)24-22-48(44,3)4/h9-20,25-26,29-32H,21-24,27-28H2,1-8H3. The van der Waals surface area contributed by atoms with E-state index < -0.39 is 9.84 Å². The van der Waals surface area contributed by atoms with Gasteiger partial charge in [0, 0.05) is 0 Å². The normalized spacial score (nSPS) is 21.8. The van der Waals surface area contributed by atoms with Crippen molar-refractivity contribution in [2.45, 2.75) is 125 Å². The first-order valence-electron chi connectivity index (χ1n) is 19.5. The van der Waals surface area contributed by atoms with E-state index in [1.165, 1.54) is 70.2 Å². The first kappa shape index (κ1) is 35.8. The molecule has 0 saturated heterocycles. The molecule has 0 aliphatic heterocycles. The zero-order valence-electron chi connectivity index (χ0n) is 32.9. The number of benzene rings is 4. The Balaban J connectivity index is 1.00. The van der Waals surface area contributed by atoms with Crippen LogP contribution >= 0.6 is 0 Å². The van der Waals surface area contributed by atoms with Crippen molar-refractivity contribution in [3.05, 3.63) is 152 Å².